The number of amides is 2. The van der Waals surface area contributed by atoms with E-state index in [2.05, 4.69) is 24.4 Å². The number of carbonyl (C=O) groups is 2. The van der Waals surface area contributed by atoms with E-state index in [-0.39, 0.29) is 28.7 Å². The molecule has 1 heterocycles. The average Bonchev–Trinajstić information content (AvgIpc) is 3.03. The average molecular weight is 410 g/mol. The van der Waals surface area contributed by atoms with Crippen LogP contribution in [0, 0.1) is 0 Å². The molecule has 1 aliphatic heterocycles. The normalized spacial score (nSPS) is 15.7. The van der Waals surface area contributed by atoms with Crippen molar-refractivity contribution in [1.29, 1.82) is 0 Å². The predicted molar refractivity (Wildman–Crippen MR) is 121 cm³/mol. The van der Waals surface area contributed by atoms with Gasteiger partial charge >= 0.3 is 0 Å². The minimum Gasteiger partial charge on any atom is -0.494 e. The summed E-state index contributed by atoms with van der Waals surface area (Å²) in [6.07, 6.45) is 1.54. The number of ether oxygens (including phenoxy) is 1. The van der Waals surface area contributed by atoms with Crippen molar-refractivity contribution in [3.8, 4) is 5.75 Å². The van der Waals surface area contributed by atoms with Crippen LogP contribution in [0.2, 0.25) is 0 Å². The number of aryl methyl sites for hydroxylation is 1. The van der Waals surface area contributed by atoms with Crippen molar-refractivity contribution < 1.29 is 14.3 Å². The molecule has 2 aromatic carbocycles. The Labute approximate surface area is 178 Å². The maximum atomic E-state index is 13.3. The smallest absolute Gasteiger partial charge is 0.252 e. The van der Waals surface area contributed by atoms with Gasteiger partial charge in [0.25, 0.3) is 5.91 Å². The summed E-state index contributed by atoms with van der Waals surface area (Å²) in [7, 11) is 3.42. The van der Waals surface area contributed by atoms with Gasteiger partial charge in [0.2, 0.25) is 5.91 Å². The van der Waals surface area contributed by atoms with Crippen molar-refractivity contribution in [2.45, 2.75) is 52.0 Å². The van der Waals surface area contributed by atoms with Gasteiger partial charge in [0, 0.05) is 19.2 Å². The molecule has 0 saturated carbocycles. The number of methoxy groups -OCH3 is 1. The van der Waals surface area contributed by atoms with Gasteiger partial charge in [-0.05, 0) is 40.7 Å². The topological polar surface area (TPSA) is 84.7 Å². The van der Waals surface area contributed by atoms with Crippen LogP contribution in [0.15, 0.2) is 30.3 Å². The lowest BCUT2D eigenvalue weighted by Gasteiger charge is -2.26. The van der Waals surface area contributed by atoms with E-state index in [9.17, 15) is 9.59 Å². The van der Waals surface area contributed by atoms with Gasteiger partial charge in [0.05, 0.1) is 18.4 Å². The molecule has 1 aliphatic rings. The number of carbonyl (C=O) groups excluding carboxylic acids is 2. The SMILES string of the molecule is CCc1cccc2c1N(C)C(C(=O)Nc1cc(C(C)(C)C)cc(C(N)=O)c1OC)C2. The largest absolute Gasteiger partial charge is 0.494 e. The van der Waals surface area contributed by atoms with Crippen LogP contribution in [0.5, 0.6) is 5.75 Å². The van der Waals surface area contributed by atoms with Crippen LogP contribution in [0.3, 0.4) is 0 Å². The lowest BCUT2D eigenvalue weighted by Crippen LogP contribution is -2.40. The Morgan fingerprint density at radius 2 is 1.97 bits per heavy atom. The molecule has 3 rings (SSSR count). The van der Waals surface area contributed by atoms with Crippen LogP contribution in [0.25, 0.3) is 0 Å². The Hall–Kier alpha value is -3.02. The van der Waals surface area contributed by atoms with Crippen molar-refractivity contribution in [2.75, 3.05) is 24.4 Å². The van der Waals surface area contributed by atoms with Crippen LogP contribution < -0.4 is 20.7 Å². The van der Waals surface area contributed by atoms with Gasteiger partial charge < -0.3 is 20.7 Å². The van der Waals surface area contributed by atoms with E-state index in [0.717, 1.165) is 17.7 Å². The number of nitrogens with two attached hydrogens (primary N) is 1. The molecule has 0 spiro atoms. The summed E-state index contributed by atoms with van der Waals surface area (Å²) in [5.74, 6) is -0.446. The Morgan fingerprint density at radius 1 is 1.27 bits per heavy atom. The fourth-order valence-electron chi connectivity index (χ4n) is 4.09. The molecule has 3 N–H and O–H groups in total. The van der Waals surface area contributed by atoms with E-state index in [4.69, 9.17) is 10.5 Å². The second-order valence-electron chi connectivity index (χ2n) is 8.82. The molecule has 30 heavy (non-hydrogen) atoms. The summed E-state index contributed by atoms with van der Waals surface area (Å²) in [4.78, 5) is 27.4. The number of fused-ring (bicyclic) bond motifs is 1. The van der Waals surface area contributed by atoms with Crippen molar-refractivity contribution in [3.63, 3.8) is 0 Å². The minimum absolute atomic E-state index is 0.143. The summed E-state index contributed by atoms with van der Waals surface area (Å²) in [5.41, 5.74) is 10.5. The number of nitrogens with one attached hydrogen (secondary N) is 1. The molecule has 6 nitrogen and oxygen atoms in total. The van der Waals surface area contributed by atoms with Gasteiger partial charge in [-0.1, -0.05) is 45.9 Å². The standard InChI is InChI=1S/C24H31N3O3/c1-7-14-9-8-10-15-11-19(27(5)20(14)15)23(29)26-18-13-16(24(2,3)4)12-17(22(25)28)21(18)30-6/h8-10,12-13,19H,7,11H2,1-6H3,(H2,25,28)(H,26,29). The molecule has 0 bridgehead atoms. The van der Waals surface area contributed by atoms with E-state index in [1.54, 1.807) is 6.07 Å². The third-order valence-electron chi connectivity index (χ3n) is 5.80. The molecule has 2 amide bonds. The fourth-order valence-corrected chi connectivity index (χ4v) is 4.09. The predicted octanol–water partition coefficient (Wildman–Crippen LogP) is 3.65. The first-order valence-electron chi connectivity index (χ1n) is 10.2. The van der Waals surface area contributed by atoms with Crippen molar-refractivity contribution in [3.05, 3.63) is 52.6 Å². The summed E-state index contributed by atoms with van der Waals surface area (Å²) in [6, 6.07) is 9.48. The summed E-state index contributed by atoms with van der Waals surface area (Å²) in [6.45, 7) is 8.24. The fraction of sp³-hybridized carbons (Fsp3) is 0.417. The van der Waals surface area contributed by atoms with Gasteiger partial charge in [0.15, 0.2) is 5.75 Å². The number of para-hydroxylation sites is 1. The van der Waals surface area contributed by atoms with Crippen molar-refractivity contribution in [2.24, 2.45) is 5.73 Å². The summed E-state index contributed by atoms with van der Waals surface area (Å²) < 4.78 is 5.46. The number of anilines is 2. The first-order valence-corrected chi connectivity index (χ1v) is 10.2. The number of rotatable bonds is 5. The van der Waals surface area contributed by atoms with Gasteiger partial charge in [-0.15, -0.1) is 0 Å². The molecule has 0 saturated heterocycles. The molecule has 0 aromatic heterocycles. The van der Waals surface area contributed by atoms with E-state index in [1.165, 1.54) is 18.2 Å². The number of hydrogen-bond donors (Lipinski definition) is 2. The zero-order valence-electron chi connectivity index (χ0n) is 18.6. The Bertz CT molecular complexity index is 992. The monoisotopic (exact) mass is 409 g/mol. The molecular weight excluding hydrogens is 378 g/mol. The first-order chi connectivity index (χ1) is 14.1. The summed E-state index contributed by atoms with van der Waals surface area (Å²) >= 11 is 0. The zero-order chi connectivity index (χ0) is 22.2. The second kappa shape index (κ2) is 8.01. The molecule has 0 fully saturated rings. The molecule has 160 valence electrons. The van der Waals surface area contributed by atoms with Crippen LogP contribution in [-0.2, 0) is 23.1 Å². The number of benzene rings is 2. The van der Waals surface area contributed by atoms with E-state index >= 15 is 0 Å². The Kier molecular flexibility index (Phi) is 5.79. The van der Waals surface area contributed by atoms with E-state index in [0.29, 0.717) is 12.1 Å². The molecule has 1 unspecified atom stereocenters. The second-order valence-corrected chi connectivity index (χ2v) is 8.82. The lowest BCUT2D eigenvalue weighted by atomic mass is 9.85. The third kappa shape index (κ3) is 3.86. The number of hydrogen-bond acceptors (Lipinski definition) is 4. The quantitative estimate of drug-likeness (QED) is 0.789. The third-order valence-corrected chi connectivity index (χ3v) is 5.80. The lowest BCUT2D eigenvalue weighted by molar-refractivity contribution is -0.117. The first kappa shape index (κ1) is 21.7. The maximum Gasteiger partial charge on any atom is 0.252 e. The van der Waals surface area contributed by atoms with E-state index < -0.39 is 5.91 Å². The van der Waals surface area contributed by atoms with Crippen LogP contribution in [-0.4, -0.2) is 32.0 Å². The van der Waals surface area contributed by atoms with Gasteiger partial charge in [-0.25, -0.2) is 0 Å². The van der Waals surface area contributed by atoms with E-state index in [1.807, 2.05) is 44.9 Å². The highest BCUT2D eigenvalue weighted by molar-refractivity contribution is 6.03. The number of primary amides is 1. The van der Waals surface area contributed by atoms with Crippen LogP contribution >= 0.6 is 0 Å². The maximum absolute atomic E-state index is 13.3. The Morgan fingerprint density at radius 3 is 2.53 bits per heavy atom. The highest BCUT2D eigenvalue weighted by Gasteiger charge is 2.34. The van der Waals surface area contributed by atoms with Crippen LogP contribution in [0.4, 0.5) is 11.4 Å². The van der Waals surface area contributed by atoms with Gasteiger partial charge in [0.1, 0.15) is 6.04 Å². The van der Waals surface area contributed by atoms with Crippen LogP contribution in [0.1, 0.15) is 54.7 Å². The minimum atomic E-state index is -0.591. The number of likely N-dealkylation sites (N-methyl/N-ethyl adjacent to an activating group) is 1. The Balaban J connectivity index is 1.97. The molecule has 0 radical (unpaired) electrons. The highest BCUT2D eigenvalue weighted by Crippen LogP contribution is 2.38. The van der Waals surface area contributed by atoms with Gasteiger partial charge in [-0.2, -0.15) is 0 Å². The number of nitrogens with zero attached hydrogens (tertiary/aromatic N) is 1. The highest BCUT2D eigenvalue weighted by atomic mass is 16.5. The van der Waals surface area contributed by atoms with Crippen molar-refractivity contribution >= 4 is 23.2 Å². The molecule has 6 heteroatoms. The van der Waals surface area contributed by atoms with Crippen molar-refractivity contribution in [1.82, 2.24) is 0 Å². The molecule has 1 atom stereocenters. The van der Waals surface area contributed by atoms with Gasteiger partial charge in [-0.3, -0.25) is 9.59 Å². The summed E-state index contributed by atoms with van der Waals surface area (Å²) in [5, 5.41) is 3.00. The molecule has 0 aliphatic carbocycles. The molecular formula is C24H31N3O3. The zero-order valence-corrected chi connectivity index (χ0v) is 18.6. The molecule has 2 aromatic rings.